The molecule has 0 bridgehead atoms. The van der Waals surface area contributed by atoms with Crippen molar-refractivity contribution < 1.29 is 22.7 Å². The Morgan fingerprint density at radius 3 is 2.45 bits per heavy atom. The Morgan fingerprint density at radius 2 is 1.76 bits per heavy atom. The molecule has 33 heavy (non-hydrogen) atoms. The van der Waals surface area contributed by atoms with Gasteiger partial charge in [0.2, 0.25) is 0 Å². The van der Waals surface area contributed by atoms with Crippen LogP contribution in [0.4, 0.5) is 15.8 Å². The molecule has 0 saturated heterocycles. The number of anilines is 2. The molecule has 3 aromatic carbocycles. The van der Waals surface area contributed by atoms with E-state index in [0.717, 1.165) is 23.2 Å². The van der Waals surface area contributed by atoms with Gasteiger partial charge in [-0.2, -0.15) is 0 Å². The van der Waals surface area contributed by atoms with Crippen LogP contribution in [0.1, 0.15) is 39.9 Å². The standard InChI is InChI=1S/C25H21FN2O4S/c26-17-8-10-18(11-9-17)28-33(31,32)19-12-13-23-22(14-19)20-2-1-3-21(20)24(27-23)15-4-6-16(7-5-15)25(29)30/h1-2,4-14,20-21,24,27-28H,3H2,(H,29,30)/t20-,21+,24+/m1/s1. The molecule has 3 N–H and O–H groups in total. The normalized spacial score (nSPS) is 21.1. The molecule has 5 rings (SSSR count). The minimum Gasteiger partial charge on any atom is -0.478 e. The Hall–Kier alpha value is -3.65. The van der Waals surface area contributed by atoms with Crippen molar-refractivity contribution in [1.82, 2.24) is 0 Å². The molecule has 0 amide bonds. The van der Waals surface area contributed by atoms with Crippen LogP contribution < -0.4 is 10.0 Å². The third kappa shape index (κ3) is 3.98. The van der Waals surface area contributed by atoms with Gasteiger partial charge in [0, 0.05) is 17.3 Å². The summed E-state index contributed by atoms with van der Waals surface area (Å²) in [4.78, 5) is 11.3. The van der Waals surface area contributed by atoms with Gasteiger partial charge >= 0.3 is 5.97 Å². The molecule has 1 aliphatic carbocycles. The number of rotatable bonds is 5. The molecule has 1 aliphatic heterocycles. The number of benzene rings is 3. The van der Waals surface area contributed by atoms with Gasteiger partial charge in [-0.15, -0.1) is 0 Å². The molecule has 2 aliphatic rings. The molecule has 0 fully saturated rings. The average molecular weight is 465 g/mol. The first-order valence-electron chi connectivity index (χ1n) is 10.5. The Morgan fingerprint density at radius 1 is 1.03 bits per heavy atom. The minimum absolute atomic E-state index is 0.0276. The number of carboxylic acids is 1. The predicted molar refractivity (Wildman–Crippen MR) is 123 cm³/mol. The number of hydrogen-bond donors (Lipinski definition) is 3. The zero-order valence-electron chi connectivity index (χ0n) is 17.4. The molecule has 0 unspecified atom stereocenters. The number of allylic oxidation sites excluding steroid dienone is 2. The number of fused-ring (bicyclic) bond motifs is 3. The third-order valence-corrected chi connectivity index (χ3v) is 7.64. The maximum absolute atomic E-state index is 13.1. The van der Waals surface area contributed by atoms with Gasteiger partial charge in [-0.05, 0) is 78.1 Å². The van der Waals surface area contributed by atoms with Crippen molar-refractivity contribution in [3.05, 3.63) is 101 Å². The highest BCUT2D eigenvalue weighted by Crippen LogP contribution is 2.50. The minimum atomic E-state index is -3.85. The Bertz CT molecular complexity index is 1350. The first kappa shape index (κ1) is 21.2. The van der Waals surface area contributed by atoms with Gasteiger partial charge in [0.1, 0.15) is 5.82 Å². The molecule has 0 radical (unpaired) electrons. The van der Waals surface area contributed by atoms with E-state index < -0.39 is 21.8 Å². The van der Waals surface area contributed by atoms with E-state index in [2.05, 4.69) is 22.2 Å². The number of sulfonamides is 1. The van der Waals surface area contributed by atoms with E-state index >= 15 is 0 Å². The van der Waals surface area contributed by atoms with Gasteiger partial charge in [0.15, 0.2) is 0 Å². The van der Waals surface area contributed by atoms with Crippen molar-refractivity contribution >= 4 is 27.4 Å². The average Bonchev–Trinajstić information content (AvgIpc) is 3.30. The lowest BCUT2D eigenvalue weighted by atomic mass is 9.77. The highest BCUT2D eigenvalue weighted by molar-refractivity contribution is 7.92. The summed E-state index contributed by atoms with van der Waals surface area (Å²) >= 11 is 0. The van der Waals surface area contributed by atoms with Gasteiger partial charge in [0.25, 0.3) is 10.0 Å². The van der Waals surface area contributed by atoms with Crippen LogP contribution in [-0.4, -0.2) is 19.5 Å². The van der Waals surface area contributed by atoms with Crippen LogP contribution in [0.2, 0.25) is 0 Å². The van der Waals surface area contributed by atoms with Crippen LogP contribution in [0.25, 0.3) is 0 Å². The van der Waals surface area contributed by atoms with Crippen molar-refractivity contribution in [3.63, 3.8) is 0 Å². The van der Waals surface area contributed by atoms with E-state index in [9.17, 15) is 17.6 Å². The molecule has 0 spiro atoms. The highest BCUT2D eigenvalue weighted by atomic mass is 32.2. The smallest absolute Gasteiger partial charge is 0.335 e. The monoisotopic (exact) mass is 464 g/mol. The second kappa shape index (κ2) is 8.04. The number of halogens is 1. The van der Waals surface area contributed by atoms with Crippen molar-refractivity contribution in [2.24, 2.45) is 5.92 Å². The van der Waals surface area contributed by atoms with Crippen LogP contribution in [0, 0.1) is 11.7 Å². The second-order valence-electron chi connectivity index (χ2n) is 8.26. The lowest BCUT2D eigenvalue weighted by Crippen LogP contribution is -2.29. The predicted octanol–water partition coefficient (Wildman–Crippen LogP) is 5.15. The van der Waals surface area contributed by atoms with Crippen molar-refractivity contribution in [1.29, 1.82) is 0 Å². The molecule has 1 heterocycles. The Labute approximate surface area is 190 Å². The largest absolute Gasteiger partial charge is 0.478 e. The van der Waals surface area contributed by atoms with Gasteiger partial charge in [-0.3, -0.25) is 4.72 Å². The van der Waals surface area contributed by atoms with Gasteiger partial charge in [-0.1, -0.05) is 24.3 Å². The van der Waals surface area contributed by atoms with Crippen molar-refractivity contribution in [2.75, 3.05) is 10.0 Å². The summed E-state index contributed by atoms with van der Waals surface area (Å²) in [6.45, 7) is 0. The molecule has 0 aromatic heterocycles. The zero-order chi connectivity index (χ0) is 23.2. The second-order valence-corrected chi connectivity index (χ2v) is 9.95. The van der Waals surface area contributed by atoms with Gasteiger partial charge < -0.3 is 10.4 Å². The maximum Gasteiger partial charge on any atom is 0.335 e. The first-order valence-corrected chi connectivity index (χ1v) is 12.0. The molecule has 0 saturated carbocycles. The summed E-state index contributed by atoms with van der Waals surface area (Å²) in [7, 11) is -3.85. The van der Waals surface area contributed by atoms with Gasteiger partial charge in [-0.25, -0.2) is 17.6 Å². The first-order chi connectivity index (χ1) is 15.8. The zero-order valence-corrected chi connectivity index (χ0v) is 18.2. The summed E-state index contributed by atoms with van der Waals surface area (Å²) in [5.74, 6) is -1.20. The lowest BCUT2D eigenvalue weighted by molar-refractivity contribution is 0.0697. The van der Waals surface area contributed by atoms with Crippen LogP contribution >= 0.6 is 0 Å². The maximum atomic E-state index is 13.1. The lowest BCUT2D eigenvalue weighted by Gasteiger charge is -2.37. The number of carboxylic acid groups (broad SMARTS) is 1. The van der Waals surface area contributed by atoms with Crippen LogP contribution in [0.5, 0.6) is 0 Å². The van der Waals surface area contributed by atoms with E-state index in [1.807, 2.05) is 12.1 Å². The third-order valence-electron chi connectivity index (χ3n) is 6.26. The van der Waals surface area contributed by atoms with Crippen LogP contribution in [0.3, 0.4) is 0 Å². The Kier molecular flexibility index (Phi) is 5.17. The highest BCUT2D eigenvalue weighted by Gasteiger charge is 2.38. The molecule has 3 aromatic rings. The SMILES string of the molecule is O=C(O)c1ccc([C@@H]2Nc3ccc(S(=O)(=O)Nc4ccc(F)cc4)cc3[C@@H]3C=CC[C@@H]32)cc1. The summed E-state index contributed by atoms with van der Waals surface area (Å²) in [5.41, 5.74) is 3.25. The van der Waals surface area contributed by atoms with E-state index in [4.69, 9.17) is 5.11 Å². The number of aromatic carboxylic acids is 1. The molecule has 3 atom stereocenters. The molecule has 6 nitrogen and oxygen atoms in total. The van der Waals surface area contributed by atoms with Gasteiger partial charge in [0.05, 0.1) is 16.5 Å². The molecule has 168 valence electrons. The van der Waals surface area contributed by atoms with E-state index in [1.165, 1.54) is 24.3 Å². The fraction of sp³-hybridized carbons (Fsp3) is 0.160. The quantitative estimate of drug-likeness (QED) is 0.454. The number of carbonyl (C=O) groups is 1. The fourth-order valence-electron chi connectivity index (χ4n) is 4.63. The fourth-order valence-corrected chi connectivity index (χ4v) is 5.73. The summed E-state index contributed by atoms with van der Waals surface area (Å²) < 4.78 is 41.5. The topological polar surface area (TPSA) is 95.5 Å². The van der Waals surface area contributed by atoms with E-state index in [1.54, 1.807) is 30.3 Å². The van der Waals surface area contributed by atoms with E-state index in [-0.39, 0.29) is 34.0 Å². The van der Waals surface area contributed by atoms with Crippen LogP contribution in [0.15, 0.2) is 83.8 Å². The van der Waals surface area contributed by atoms with E-state index in [0.29, 0.717) is 0 Å². The molecular weight excluding hydrogens is 443 g/mol. The Balaban J connectivity index is 1.46. The molecular formula is C25H21FN2O4S. The number of hydrogen-bond acceptors (Lipinski definition) is 4. The van der Waals surface area contributed by atoms with Crippen molar-refractivity contribution in [3.8, 4) is 0 Å². The molecule has 8 heteroatoms. The van der Waals surface area contributed by atoms with Crippen molar-refractivity contribution in [2.45, 2.75) is 23.3 Å². The van der Waals surface area contributed by atoms with Crippen LogP contribution in [-0.2, 0) is 10.0 Å². The number of nitrogens with one attached hydrogen (secondary N) is 2. The summed E-state index contributed by atoms with van der Waals surface area (Å²) in [6, 6.07) is 17.0. The summed E-state index contributed by atoms with van der Waals surface area (Å²) in [6.07, 6.45) is 5.03. The summed E-state index contributed by atoms with van der Waals surface area (Å²) in [5, 5.41) is 12.7.